The van der Waals surface area contributed by atoms with E-state index in [1.165, 1.54) is 51.1 Å². The van der Waals surface area contributed by atoms with Crippen molar-refractivity contribution >= 4 is 57.1 Å². The molecule has 0 radical (unpaired) electrons. The number of methoxy groups -OCH3 is 2. The first-order valence-electron chi connectivity index (χ1n) is 30.1. The number of ether oxygens (including phenoxy) is 6. The van der Waals surface area contributed by atoms with Gasteiger partial charge in [0, 0.05) is 89.2 Å². The highest BCUT2D eigenvalue weighted by molar-refractivity contribution is 6.11. The van der Waals surface area contributed by atoms with Crippen LogP contribution in [-0.2, 0) is 44.9 Å². The fourth-order valence-electron chi connectivity index (χ4n) is 11.4. The van der Waals surface area contributed by atoms with Gasteiger partial charge in [0.2, 0.25) is 11.8 Å². The summed E-state index contributed by atoms with van der Waals surface area (Å²) in [6, 6.07) is 32.2. The Morgan fingerprint density at radius 2 is 0.890 bits per heavy atom. The van der Waals surface area contributed by atoms with Crippen LogP contribution in [0.25, 0.3) is 21.8 Å². The smallest absolute Gasteiger partial charge is 0.415 e. The molecule has 2 aliphatic heterocycles. The van der Waals surface area contributed by atoms with Crippen LogP contribution in [0.5, 0.6) is 46.3 Å². The van der Waals surface area contributed by atoms with E-state index in [0.717, 1.165) is 24.2 Å². The molecule has 0 spiro atoms. The van der Waals surface area contributed by atoms with E-state index >= 15 is 0 Å². The number of hydrogen-bond acceptors (Lipinski definition) is 18. The predicted octanol–water partition coefficient (Wildman–Crippen LogP) is 10.5. The van der Waals surface area contributed by atoms with E-state index in [0.29, 0.717) is 108 Å². The monoisotopic (exact) mass is 1240 g/mol. The Bertz CT molecular complexity index is 4040. The van der Waals surface area contributed by atoms with Crippen LogP contribution in [0.4, 0.5) is 18.4 Å². The van der Waals surface area contributed by atoms with E-state index in [-0.39, 0.29) is 95.8 Å². The zero-order valence-corrected chi connectivity index (χ0v) is 51.0. The Kier molecular flexibility index (Phi) is 18.7. The molecule has 470 valence electrons. The third kappa shape index (κ3) is 14.5. The molecule has 4 heterocycles. The summed E-state index contributed by atoms with van der Waals surface area (Å²) < 4.78 is 61.2. The van der Waals surface area contributed by atoms with E-state index in [2.05, 4.69) is 30.2 Å². The summed E-state index contributed by atoms with van der Waals surface area (Å²) in [4.78, 5) is 101. The molecule has 0 bridgehead atoms. The number of likely N-dealkylation sites (N-methyl/N-ethyl adjacent to an activating group) is 1. The summed E-state index contributed by atoms with van der Waals surface area (Å²) in [5, 5.41) is 4.36. The first-order chi connectivity index (χ1) is 43.9. The number of aromatic nitrogens is 4. The van der Waals surface area contributed by atoms with Gasteiger partial charge < -0.3 is 48.4 Å². The zero-order valence-electron chi connectivity index (χ0n) is 51.0. The quantitative estimate of drug-likeness (QED) is 0.0699. The van der Waals surface area contributed by atoms with Crippen LogP contribution in [0.1, 0.15) is 61.8 Å². The van der Waals surface area contributed by atoms with Crippen molar-refractivity contribution in [3.63, 3.8) is 0 Å². The summed E-state index contributed by atoms with van der Waals surface area (Å²) in [7, 11) is 5.00. The van der Waals surface area contributed by atoms with Gasteiger partial charge >= 0.3 is 12.2 Å². The molecule has 2 aromatic heterocycles. The average Bonchev–Trinajstić information content (AvgIpc) is 1.70. The SMILES string of the molecule is COc1cc2c(Oc3ccc(CC(=O)C4(C(=O)Cc5ccc(F)cc5)CC4)cc3)ncnc2cc1OC(=O)N1CCN(C)C[C@H]1C.COc1cc2c(Oc3ccc(CC(=O)C4(C(=O)Cc5ccc(F)cc5)CC4)cc3)ncnc2cc1OC(=O)N1CCNC[C@H]1C. The number of ketones is 4. The number of carbonyl (C=O) groups is 6. The number of rotatable bonds is 20. The lowest BCUT2D eigenvalue weighted by molar-refractivity contribution is -0.135. The molecule has 2 amide bonds. The summed E-state index contributed by atoms with van der Waals surface area (Å²) in [6.07, 6.45) is 4.41. The van der Waals surface area contributed by atoms with Gasteiger partial charge in [-0.1, -0.05) is 48.5 Å². The van der Waals surface area contributed by atoms with Crippen LogP contribution >= 0.6 is 0 Å². The normalized spacial score (nSPS) is 17.2. The van der Waals surface area contributed by atoms with Gasteiger partial charge in [0.1, 0.15) is 35.8 Å². The van der Waals surface area contributed by atoms with Gasteiger partial charge in [-0.05, 0) is 129 Å². The van der Waals surface area contributed by atoms with E-state index in [1.807, 2.05) is 20.9 Å². The van der Waals surface area contributed by atoms with E-state index < -0.39 is 23.0 Å². The Morgan fingerprint density at radius 1 is 0.505 bits per heavy atom. The summed E-state index contributed by atoms with van der Waals surface area (Å²) in [5.41, 5.74) is 1.98. The molecule has 1 N–H and O–H groups in total. The van der Waals surface area contributed by atoms with Crippen molar-refractivity contribution in [1.29, 1.82) is 0 Å². The maximum absolute atomic E-state index is 13.2. The van der Waals surface area contributed by atoms with Crippen LogP contribution in [0.3, 0.4) is 0 Å². The Balaban J connectivity index is 0.000000187. The standard InChI is InChI=1S/C35H35FN4O6.C34H33FN4O6/c1-22-20-39(2)14-15-40(22)34(43)46-30-19-28-27(18-29(30)44-3)33(38-21-37-28)45-26-10-6-24(7-11-26)17-32(42)35(12-13-35)31(41)16-23-4-8-25(36)9-5-23;1-21-19-36-13-14-39(21)33(42)45-29-18-27-26(17-28(29)43-2)32(38-20-37-27)44-25-9-5-23(6-10-25)16-31(41)34(11-12-34)30(40)15-22-3-7-24(35)8-4-22/h4-11,18-19,21-22H,12-17,20H2,1-3H3;3-10,17-18,20-21,36H,11-16,19H2,1-2H3/t22-;21-/m11/s1. The van der Waals surface area contributed by atoms with Crippen molar-refractivity contribution < 1.29 is 66.0 Å². The Morgan fingerprint density at radius 3 is 1.25 bits per heavy atom. The number of piperazine rings is 2. The second-order valence-corrected chi connectivity index (χ2v) is 23.5. The lowest BCUT2D eigenvalue weighted by Gasteiger charge is -2.37. The largest absolute Gasteiger partial charge is 0.493 e. The van der Waals surface area contributed by atoms with Crippen LogP contribution in [0.15, 0.2) is 134 Å². The molecule has 4 aliphatic rings. The molecule has 20 nitrogen and oxygen atoms in total. The number of Topliss-reactive ketones (excluding diaryl/α,β-unsaturated/α-hetero) is 4. The minimum absolute atomic E-state index is 0.00493. The lowest BCUT2D eigenvalue weighted by atomic mass is 9.88. The van der Waals surface area contributed by atoms with E-state index in [4.69, 9.17) is 28.4 Å². The molecule has 22 heteroatoms. The highest BCUT2D eigenvalue weighted by Crippen LogP contribution is 2.50. The Hall–Kier alpha value is -9.80. The fraction of sp³-hybridized carbons (Fsp3) is 0.333. The molecule has 8 aromatic rings. The van der Waals surface area contributed by atoms with E-state index in [1.54, 1.807) is 107 Å². The van der Waals surface area contributed by atoms with Gasteiger partial charge in [-0.25, -0.2) is 38.3 Å². The molecule has 2 saturated heterocycles. The molecular formula is C69H68F2N8O12. The van der Waals surface area contributed by atoms with Crippen molar-refractivity contribution in [2.24, 2.45) is 10.8 Å². The lowest BCUT2D eigenvalue weighted by Crippen LogP contribution is -2.53. The molecule has 6 aromatic carbocycles. The number of carbonyl (C=O) groups excluding carboxylic acids is 6. The second kappa shape index (κ2) is 27.1. The summed E-state index contributed by atoms with van der Waals surface area (Å²) in [6.45, 7) is 7.95. The number of nitrogens with one attached hydrogen (secondary N) is 1. The molecule has 0 unspecified atom stereocenters. The molecule has 91 heavy (non-hydrogen) atoms. The molecule has 12 rings (SSSR count). The van der Waals surface area contributed by atoms with Gasteiger partial charge in [-0.3, -0.25) is 19.2 Å². The fourth-order valence-corrected chi connectivity index (χ4v) is 11.4. The second-order valence-electron chi connectivity index (χ2n) is 23.5. The maximum atomic E-state index is 13.2. The van der Waals surface area contributed by atoms with Crippen LogP contribution in [-0.4, -0.2) is 143 Å². The third-order valence-corrected chi connectivity index (χ3v) is 17.2. The van der Waals surface area contributed by atoms with Crippen molar-refractivity contribution in [2.75, 3.05) is 60.5 Å². The van der Waals surface area contributed by atoms with E-state index in [9.17, 15) is 37.5 Å². The van der Waals surface area contributed by atoms with Crippen molar-refractivity contribution in [3.05, 3.63) is 168 Å². The van der Waals surface area contributed by atoms with Crippen molar-refractivity contribution in [1.82, 2.24) is 40.0 Å². The number of nitrogens with zero attached hydrogens (tertiary/aromatic N) is 7. The topological polar surface area (TPSA) is 231 Å². The third-order valence-electron chi connectivity index (χ3n) is 17.2. The highest BCUT2D eigenvalue weighted by Gasteiger charge is 2.55. The van der Waals surface area contributed by atoms with Gasteiger partial charge in [-0.2, -0.15) is 0 Å². The molecule has 4 fully saturated rings. The average molecular weight is 1240 g/mol. The number of benzene rings is 6. The minimum Gasteiger partial charge on any atom is -0.493 e. The zero-order chi connectivity index (χ0) is 64.0. The number of amides is 2. The molecule has 2 aliphatic carbocycles. The molecule has 2 atom stereocenters. The van der Waals surface area contributed by atoms with Crippen LogP contribution in [0, 0.1) is 22.5 Å². The van der Waals surface area contributed by atoms with Gasteiger partial charge in [-0.15, -0.1) is 0 Å². The number of fused-ring (bicyclic) bond motifs is 2. The molecule has 2 saturated carbocycles. The molecular weight excluding hydrogens is 1170 g/mol. The summed E-state index contributed by atoms with van der Waals surface area (Å²) in [5.74, 6) is 1.48. The highest BCUT2D eigenvalue weighted by atomic mass is 19.1. The number of hydrogen-bond donors (Lipinski definition) is 1. The van der Waals surface area contributed by atoms with Crippen molar-refractivity contribution in [3.8, 4) is 46.3 Å². The maximum Gasteiger partial charge on any atom is 0.415 e. The Labute approximate surface area is 523 Å². The van der Waals surface area contributed by atoms with Crippen LogP contribution in [0.2, 0.25) is 0 Å². The van der Waals surface area contributed by atoms with Gasteiger partial charge in [0.05, 0.1) is 46.9 Å². The minimum atomic E-state index is -0.960. The van der Waals surface area contributed by atoms with Crippen molar-refractivity contribution in [2.45, 2.75) is 77.3 Å². The summed E-state index contributed by atoms with van der Waals surface area (Å²) >= 11 is 0. The van der Waals surface area contributed by atoms with Gasteiger partial charge in [0.25, 0.3) is 0 Å². The predicted molar refractivity (Wildman–Crippen MR) is 331 cm³/mol. The first kappa shape index (κ1) is 62.8. The number of halogens is 2. The van der Waals surface area contributed by atoms with Crippen LogP contribution < -0.4 is 33.7 Å². The first-order valence-corrected chi connectivity index (χ1v) is 30.1. The van der Waals surface area contributed by atoms with Gasteiger partial charge in [0.15, 0.2) is 46.1 Å².